The molecule has 2 fully saturated rings. The summed E-state index contributed by atoms with van der Waals surface area (Å²) in [5, 5.41) is 20.5. The Hall–Kier alpha value is -4.81. The zero-order valence-corrected chi connectivity index (χ0v) is 43.3. The first-order valence-corrected chi connectivity index (χ1v) is 23.8. The van der Waals surface area contributed by atoms with Crippen LogP contribution in [0.2, 0.25) is 0 Å². The van der Waals surface area contributed by atoms with E-state index >= 15 is 0 Å². The Morgan fingerprint density at radius 2 is 1.00 bits per heavy atom. The third-order valence-corrected chi connectivity index (χ3v) is 13.4. The van der Waals surface area contributed by atoms with Gasteiger partial charge in [0.1, 0.15) is 30.2 Å². The minimum Gasteiger partial charge on any atom is -0.352 e. The van der Waals surface area contributed by atoms with E-state index < -0.39 is 88.7 Å². The van der Waals surface area contributed by atoms with Gasteiger partial charge in [-0.05, 0) is 100 Å². The first-order valence-electron chi connectivity index (χ1n) is 23.5. The summed E-state index contributed by atoms with van der Waals surface area (Å²) in [4.78, 5) is 113. The van der Waals surface area contributed by atoms with Crippen LogP contribution in [-0.4, -0.2) is 149 Å². The molecule has 376 valence electrons. The van der Waals surface area contributed by atoms with E-state index in [0.717, 1.165) is 0 Å². The number of carbonyl (C=O) groups is 8. The predicted octanol–water partition coefficient (Wildman–Crippen LogP) is 2.55. The molecule has 2 saturated heterocycles. The van der Waals surface area contributed by atoms with Crippen LogP contribution in [0.15, 0.2) is 24.3 Å². The maximum Gasteiger partial charge on any atom is 0.251 e. The van der Waals surface area contributed by atoms with Crippen molar-refractivity contribution in [3.05, 3.63) is 35.4 Å². The summed E-state index contributed by atoms with van der Waals surface area (Å²) in [5.41, 5.74) is -1.20. The maximum atomic E-state index is 14.4. The van der Waals surface area contributed by atoms with Crippen molar-refractivity contribution in [2.75, 3.05) is 27.2 Å². The Bertz CT molecular complexity index is 1970. The molecular formula is C48H79ClN10O8. The van der Waals surface area contributed by atoms with Crippen molar-refractivity contribution < 1.29 is 38.4 Å². The van der Waals surface area contributed by atoms with Crippen LogP contribution in [0.25, 0.3) is 0 Å². The Morgan fingerprint density at radius 1 is 0.627 bits per heavy atom. The number of hydrogen-bond donors (Lipinski definition) is 7. The maximum absolute atomic E-state index is 14.4. The second-order valence-corrected chi connectivity index (χ2v) is 21.8. The number of carbonyl (C=O) groups excluding carboxylic acids is 8. The lowest BCUT2D eigenvalue weighted by Gasteiger charge is -2.36. The van der Waals surface area contributed by atoms with Crippen LogP contribution < -0.4 is 37.2 Å². The summed E-state index contributed by atoms with van der Waals surface area (Å²) in [5.74, 6) is -3.41. The molecule has 2 aliphatic rings. The van der Waals surface area contributed by atoms with Crippen LogP contribution >= 0.6 is 11.8 Å². The second-order valence-electron chi connectivity index (χ2n) is 21.3. The van der Waals surface area contributed by atoms with Crippen molar-refractivity contribution in [2.24, 2.45) is 22.7 Å². The van der Waals surface area contributed by atoms with Crippen molar-refractivity contribution in [3.63, 3.8) is 0 Å². The highest BCUT2D eigenvalue weighted by Gasteiger charge is 2.48. The highest BCUT2D eigenvalue weighted by atomic mass is 35.5. The zero-order chi connectivity index (χ0) is 51.0. The summed E-state index contributed by atoms with van der Waals surface area (Å²) in [6, 6.07) is -0.924. The van der Waals surface area contributed by atoms with Crippen molar-refractivity contribution in [1.82, 2.24) is 51.4 Å². The molecule has 0 aromatic heterocycles. The number of nitrogens with one attached hydrogen (secondary N) is 7. The summed E-state index contributed by atoms with van der Waals surface area (Å²) >= 11 is 6.07. The molecule has 0 bridgehead atoms. The molecule has 0 aliphatic carbocycles. The largest absolute Gasteiger partial charge is 0.352 e. The summed E-state index contributed by atoms with van der Waals surface area (Å²) in [7, 11) is 3.17. The van der Waals surface area contributed by atoms with Gasteiger partial charge in [0.05, 0.1) is 6.04 Å². The molecule has 3 rings (SSSR count). The van der Waals surface area contributed by atoms with Gasteiger partial charge in [0.2, 0.25) is 35.4 Å². The molecule has 0 radical (unpaired) electrons. The molecule has 10 atom stereocenters. The van der Waals surface area contributed by atoms with Crippen LogP contribution in [0.4, 0.5) is 0 Å². The van der Waals surface area contributed by atoms with E-state index in [1.54, 1.807) is 39.1 Å². The highest BCUT2D eigenvalue weighted by molar-refractivity contribution is 6.14. The van der Waals surface area contributed by atoms with Crippen LogP contribution in [0, 0.1) is 22.7 Å². The molecule has 0 unspecified atom stereocenters. The van der Waals surface area contributed by atoms with Gasteiger partial charge in [0.15, 0.2) is 0 Å². The molecule has 67 heavy (non-hydrogen) atoms. The number of amides is 8. The van der Waals surface area contributed by atoms with Gasteiger partial charge in [-0.2, -0.15) is 0 Å². The van der Waals surface area contributed by atoms with Crippen LogP contribution in [0.5, 0.6) is 0 Å². The van der Waals surface area contributed by atoms with E-state index in [0.29, 0.717) is 0 Å². The number of likely N-dealkylation sites (N-methyl/N-ethyl adjacent to an activating group) is 2. The molecule has 7 N–H and O–H groups in total. The van der Waals surface area contributed by atoms with E-state index in [1.165, 1.54) is 27.3 Å². The van der Waals surface area contributed by atoms with Gasteiger partial charge in [0.25, 0.3) is 11.8 Å². The quantitative estimate of drug-likeness (QED) is 0.106. The third-order valence-electron chi connectivity index (χ3n) is 13.1. The van der Waals surface area contributed by atoms with Gasteiger partial charge in [-0.25, -0.2) is 4.42 Å². The van der Waals surface area contributed by atoms with E-state index in [-0.39, 0.29) is 78.7 Å². The number of rotatable bonds is 18. The number of benzene rings is 1. The number of hydrogen-bond acceptors (Lipinski definition) is 10. The second kappa shape index (κ2) is 23.5. The number of halogens is 1. The summed E-state index contributed by atoms with van der Waals surface area (Å²) < 4.78 is 1.21. The lowest BCUT2D eigenvalue weighted by molar-refractivity contribution is -0.144. The third kappa shape index (κ3) is 15.1. The van der Waals surface area contributed by atoms with E-state index in [4.69, 9.17) is 11.8 Å². The molecule has 8 amide bonds. The topological polar surface area (TPSA) is 230 Å². The number of nitrogens with zero attached hydrogens (tertiary/aromatic N) is 3. The normalized spacial score (nSPS) is 21.5. The minimum absolute atomic E-state index is 0.00689. The fourth-order valence-electron chi connectivity index (χ4n) is 7.63. The fraction of sp³-hybridized carbons (Fsp3) is 0.708. The standard InChI is InChI=1S/C48H79ClN10O8/c1-25(2)27(5)51-43(64)35-21-33(23-58(35)45(66)37(47(9,10)11)55-39(60)29(7)50-15)53-41(62)31-18-17-19-32(20-31)42(63)54-34-22-36(44(65)52-28(6)26(3)4)59(24-34)46(67)38(48(12,13)14)56-40(61)30(8)57(16)49/h17-20,25-30,33-38,50H,21-24H2,1-16H3,(H,51,64)(H,52,65)(H,53,62)(H,54,63)(H,55,60)(H,56,61)/t27-,28-,29+,30+,33+,34+,35+,36+,37-,38-/m1/s1. The first-order chi connectivity index (χ1) is 30.9. The van der Waals surface area contributed by atoms with E-state index in [2.05, 4.69) is 37.2 Å². The van der Waals surface area contributed by atoms with Crippen molar-refractivity contribution >= 4 is 59.0 Å². The van der Waals surface area contributed by atoms with Crippen LogP contribution in [0.3, 0.4) is 0 Å². The first kappa shape index (κ1) is 56.5. The lowest BCUT2D eigenvalue weighted by Crippen LogP contribution is -2.60. The molecular weight excluding hydrogens is 880 g/mol. The molecule has 1 aromatic carbocycles. The fourth-order valence-corrected chi connectivity index (χ4v) is 7.72. The van der Waals surface area contributed by atoms with Crippen LogP contribution in [-0.2, 0) is 28.8 Å². The molecule has 2 aliphatic heterocycles. The van der Waals surface area contributed by atoms with Gasteiger partial charge in [-0.15, -0.1) is 0 Å². The molecule has 1 aromatic rings. The Morgan fingerprint density at radius 3 is 1.33 bits per heavy atom. The van der Waals surface area contributed by atoms with Gasteiger partial charge in [-0.3, -0.25) is 38.4 Å². The van der Waals surface area contributed by atoms with E-state index in [1.807, 2.05) is 83.1 Å². The average Bonchev–Trinajstić information content (AvgIpc) is 3.87. The molecule has 0 saturated carbocycles. The Labute approximate surface area is 403 Å². The van der Waals surface area contributed by atoms with Crippen molar-refractivity contribution in [1.29, 1.82) is 0 Å². The summed E-state index contributed by atoms with van der Waals surface area (Å²) in [6.45, 7) is 25.8. The van der Waals surface area contributed by atoms with Crippen LogP contribution in [0.1, 0.15) is 130 Å². The molecule has 18 nitrogen and oxygen atoms in total. The average molecular weight is 960 g/mol. The van der Waals surface area contributed by atoms with Crippen molar-refractivity contribution in [3.8, 4) is 0 Å². The van der Waals surface area contributed by atoms with Gasteiger partial charge in [0, 0.05) is 55.4 Å². The monoisotopic (exact) mass is 959 g/mol. The molecule has 19 heteroatoms. The minimum atomic E-state index is -1.03. The molecule has 2 heterocycles. The Balaban J connectivity index is 1.88. The lowest BCUT2D eigenvalue weighted by atomic mass is 9.85. The zero-order valence-electron chi connectivity index (χ0n) is 42.6. The Kier molecular flexibility index (Phi) is 19.8. The predicted molar refractivity (Wildman–Crippen MR) is 258 cm³/mol. The smallest absolute Gasteiger partial charge is 0.251 e. The van der Waals surface area contributed by atoms with Crippen molar-refractivity contribution in [2.45, 2.75) is 170 Å². The highest BCUT2D eigenvalue weighted by Crippen LogP contribution is 2.29. The van der Waals surface area contributed by atoms with Gasteiger partial charge >= 0.3 is 0 Å². The van der Waals surface area contributed by atoms with Gasteiger partial charge < -0.3 is 47.0 Å². The SMILES string of the molecule is CN[C@@H](C)C(=O)N[C@H](C(=O)N1C[C@@H](NC(=O)c2cccc(C(=O)N[C@H]3C[C@@H](C(=O)N[C@H](C)C(C)C)N(C(=O)[C@@H](NC(=O)[C@H](C)N(C)Cl)C(C)(C)C)C3)c2)C[C@H]1C(=O)N[C@H](C)C(C)C)C(C)(C)C. The summed E-state index contributed by atoms with van der Waals surface area (Å²) in [6.07, 6.45) is 0.200. The number of likely N-dealkylation sites (tertiary alicyclic amines) is 2. The van der Waals surface area contributed by atoms with Gasteiger partial charge in [-0.1, -0.05) is 75.3 Å². The van der Waals surface area contributed by atoms with E-state index in [9.17, 15) is 38.4 Å². The molecule has 0 spiro atoms.